The number of likely N-dealkylation sites (tertiary alicyclic amines) is 1. The van der Waals surface area contributed by atoms with Gasteiger partial charge in [0.05, 0.1) is 25.0 Å². The van der Waals surface area contributed by atoms with Gasteiger partial charge in [-0.3, -0.25) is 24.1 Å². The van der Waals surface area contributed by atoms with Crippen molar-refractivity contribution < 1.29 is 19.2 Å². The number of nitrogens with zero attached hydrogens (tertiary/aromatic N) is 5. The van der Waals surface area contributed by atoms with Crippen LogP contribution in [0.3, 0.4) is 0 Å². The third-order valence-corrected chi connectivity index (χ3v) is 7.07. The van der Waals surface area contributed by atoms with Crippen molar-refractivity contribution in [3.63, 3.8) is 0 Å². The highest BCUT2D eigenvalue weighted by molar-refractivity contribution is 6.15. The highest BCUT2D eigenvalue weighted by Crippen LogP contribution is 2.22. The molecule has 0 saturated carbocycles. The van der Waals surface area contributed by atoms with Crippen LogP contribution in [0.4, 0.5) is 0 Å². The van der Waals surface area contributed by atoms with E-state index in [9.17, 15) is 19.2 Å². The molecule has 0 bridgehead atoms. The number of imide groups is 3. The lowest BCUT2D eigenvalue weighted by molar-refractivity contribution is -0.158. The number of amides is 4. The normalized spacial score (nSPS) is 20.6. The Hall–Kier alpha value is -3.38. The number of carbonyl (C=O) groups excluding carboxylic acids is 4. The average Bonchev–Trinajstić information content (AvgIpc) is 3.69. The van der Waals surface area contributed by atoms with Gasteiger partial charge in [-0.15, -0.1) is 0 Å². The van der Waals surface area contributed by atoms with E-state index < -0.39 is 35.8 Å². The van der Waals surface area contributed by atoms with Gasteiger partial charge < -0.3 is 20.6 Å². The monoisotopic (exact) mass is 512 g/mol. The van der Waals surface area contributed by atoms with E-state index in [1.165, 1.54) is 0 Å². The fourth-order valence-electron chi connectivity index (χ4n) is 5.05. The van der Waals surface area contributed by atoms with Gasteiger partial charge >= 0.3 is 0 Å². The van der Waals surface area contributed by atoms with Crippen molar-refractivity contribution in [2.24, 2.45) is 5.73 Å². The molecule has 12 heteroatoms. The Morgan fingerprint density at radius 3 is 2.78 bits per heavy atom. The molecule has 3 atom stereocenters. The van der Waals surface area contributed by atoms with Crippen LogP contribution in [-0.2, 0) is 32.1 Å². The molecule has 0 aromatic carbocycles. The van der Waals surface area contributed by atoms with E-state index in [1.807, 2.05) is 4.57 Å². The van der Waals surface area contributed by atoms with Gasteiger partial charge in [0.2, 0.25) is 5.91 Å². The molecule has 0 aliphatic carbocycles. The van der Waals surface area contributed by atoms with Gasteiger partial charge in [0, 0.05) is 37.1 Å². The summed E-state index contributed by atoms with van der Waals surface area (Å²) in [6.07, 6.45) is 11.5. The predicted molar refractivity (Wildman–Crippen MR) is 134 cm³/mol. The molecule has 2 fully saturated rings. The van der Waals surface area contributed by atoms with Gasteiger partial charge in [-0.1, -0.05) is 19.8 Å². The number of unbranched alkanes of at least 4 members (excludes halogenated alkanes) is 2. The van der Waals surface area contributed by atoms with Gasteiger partial charge in [0.15, 0.2) is 0 Å². The van der Waals surface area contributed by atoms with Gasteiger partial charge in [0.25, 0.3) is 17.7 Å². The summed E-state index contributed by atoms with van der Waals surface area (Å²) in [6.45, 7) is 4.00. The van der Waals surface area contributed by atoms with Gasteiger partial charge in [-0.05, 0) is 38.8 Å². The fourth-order valence-corrected chi connectivity index (χ4v) is 5.05. The molecule has 200 valence electrons. The maximum Gasteiger partial charge on any atom is 0.258 e. The average molecular weight is 513 g/mol. The molecule has 2 saturated heterocycles. The molecule has 2 aliphatic rings. The maximum atomic E-state index is 13.7. The lowest BCUT2D eigenvalue weighted by atomic mass is 10.1. The first-order valence-electron chi connectivity index (χ1n) is 13.1. The third kappa shape index (κ3) is 6.31. The van der Waals surface area contributed by atoms with E-state index in [0.29, 0.717) is 24.5 Å². The lowest BCUT2D eigenvalue weighted by Gasteiger charge is -2.30. The molecule has 2 aromatic rings. The number of carbonyl (C=O) groups is 4. The van der Waals surface area contributed by atoms with Crippen LogP contribution in [0.15, 0.2) is 24.9 Å². The minimum Gasteiger partial charge on any atom is -0.347 e. The molecular formula is C25H36N8O4. The SMILES string of the molecule is CCCCCN1CCCC1C(=O)N(C(=O)C(N)Cc1cncn1Cc1ncc[nH]1)C(=O)C1CCC(=O)N1. The van der Waals surface area contributed by atoms with Crippen LogP contribution in [0.25, 0.3) is 0 Å². The molecule has 2 aromatic heterocycles. The maximum absolute atomic E-state index is 13.7. The fraction of sp³-hybridized carbons (Fsp3) is 0.600. The van der Waals surface area contributed by atoms with Crippen molar-refractivity contribution >= 4 is 23.6 Å². The first-order valence-corrected chi connectivity index (χ1v) is 13.1. The highest BCUT2D eigenvalue weighted by Gasteiger charge is 2.43. The zero-order valence-electron chi connectivity index (χ0n) is 21.3. The zero-order valence-corrected chi connectivity index (χ0v) is 21.3. The Balaban J connectivity index is 1.52. The number of aromatic nitrogens is 4. The Kier molecular flexibility index (Phi) is 8.82. The van der Waals surface area contributed by atoms with Crippen LogP contribution in [-0.4, -0.2) is 84.2 Å². The Labute approximate surface area is 216 Å². The second-order valence-corrected chi connectivity index (χ2v) is 9.77. The van der Waals surface area contributed by atoms with Gasteiger partial charge in [0.1, 0.15) is 11.9 Å². The van der Waals surface area contributed by atoms with Crippen molar-refractivity contribution in [3.05, 3.63) is 36.4 Å². The number of hydrogen-bond acceptors (Lipinski definition) is 8. The van der Waals surface area contributed by atoms with E-state index in [4.69, 9.17) is 5.73 Å². The summed E-state index contributed by atoms with van der Waals surface area (Å²) in [5, 5.41) is 2.59. The molecule has 0 spiro atoms. The minimum atomic E-state index is -1.15. The number of rotatable bonds is 11. The van der Waals surface area contributed by atoms with E-state index in [1.54, 1.807) is 24.9 Å². The van der Waals surface area contributed by atoms with E-state index in [2.05, 4.69) is 32.1 Å². The third-order valence-electron chi connectivity index (χ3n) is 7.07. The van der Waals surface area contributed by atoms with Crippen molar-refractivity contribution in [2.45, 2.75) is 83.0 Å². The van der Waals surface area contributed by atoms with E-state index in [-0.39, 0.29) is 25.2 Å². The topological polar surface area (TPSA) is 159 Å². The first kappa shape index (κ1) is 26.7. The molecule has 12 nitrogen and oxygen atoms in total. The highest BCUT2D eigenvalue weighted by atomic mass is 16.2. The lowest BCUT2D eigenvalue weighted by Crippen LogP contribution is -2.59. The Morgan fingerprint density at radius 1 is 1.24 bits per heavy atom. The van der Waals surface area contributed by atoms with Crippen molar-refractivity contribution in [1.82, 2.24) is 34.6 Å². The largest absolute Gasteiger partial charge is 0.347 e. The summed E-state index contributed by atoms with van der Waals surface area (Å²) in [7, 11) is 0. The van der Waals surface area contributed by atoms with Crippen LogP contribution in [0.5, 0.6) is 0 Å². The predicted octanol–water partition coefficient (Wildman–Crippen LogP) is 0.339. The van der Waals surface area contributed by atoms with Crippen LogP contribution < -0.4 is 11.1 Å². The van der Waals surface area contributed by atoms with Crippen molar-refractivity contribution in [2.75, 3.05) is 13.1 Å². The van der Waals surface area contributed by atoms with Gasteiger partial charge in [-0.2, -0.15) is 0 Å². The molecule has 4 heterocycles. The molecular weight excluding hydrogens is 476 g/mol. The summed E-state index contributed by atoms with van der Waals surface area (Å²) >= 11 is 0. The zero-order chi connectivity index (χ0) is 26.4. The molecule has 4 rings (SSSR count). The quantitative estimate of drug-likeness (QED) is 0.287. The molecule has 37 heavy (non-hydrogen) atoms. The van der Waals surface area contributed by atoms with Crippen LogP contribution in [0, 0.1) is 0 Å². The standard InChI is InChI=1S/C25H36N8O4/c1-2-3-4-11-31-12-5-6-20(31)25(37)33(24(36)19-7-8-22(34)30-19)23(35)18(26)13-17-14-27-16-32(17)15-21-28-9-10-29-21/h9-10,14,16,18-20H,2-8,11-13,15,26H2,1H3,(H,28,29)(H,30,34). The van der Waals surface area contributed by atoms with E-state index in [0.717, 1.165) is 43.7 Å². The number of imidazole rings is 2. The first-order chi connectivity index (χ1) is 17.9. The van der Waals surface area contributed by atoms with Gasteiger partial charge in [-0.25, -0.2) is 14.9 Å². The molecule has 2 aliphatic heterocycles. The number of aromatic amines is 1. The molecule has 3 unspecified atom stereocenters. The Morgan fingerprint density at radius 2 is 2.08 bits per heavy atom. The Bertz CT molecular complexity index is 1100. The second kappa shape index (κ2) is 12.2. The number of nitrogens with one attached hydrogen (secondary N) is 2. The van der Waals surface area contributed by atoms with Crippen molar-refractivity contribution in [3.8, 4) is 0 Å². The smallest absolute Gasteiger partial charge is 0.258 e. The second-order valence-electron chi connectivity index (χ2n) is 9.77. The molecule has 4 N–H and O–H groups in total. The van der Waals surface area contributed by atoms with Crippen LogP contribution >= 0.6 is 0 Å². The number of H-pyrrole nitrogens is 1. The summed E-state index contributed by atoms with van der Waals surface area (Å²) < 4.78 is 1.81. The summed E-state index contributed by atoms with van der Waals surface area (Å²) in [6, 6.07) is -2.61. The summed E-state index contributed by atoms with van der Waals surface area (Å²) in [5.41, 5.74) is 7.00. The molecule has 0 radical (unpaired) electrons. The number of hydrogen-bond donors (Lipinski definition) is 3. The minimum absolute atomic E-state index is 0.0819. The van der Waals surface area contributed by atoms with Crippen molar-refractivity contribution in [1.29, 1.82) is 0 Å². The summed E-state index contributed by atoms with van der Waals surface area (Å²) in [4.78, 5) is 66.8. The van der Waals surface area contributed by atoms with Crippen LogP contribution in [0.1, 0.15) is 63.4 Å². The van der Waals surface area contributed by atoms with Crippen LogP contribution in [0.2, 0.25) is 0 Å². The van der Waals surface area contributed by atoms with E-state index >= 15 is 0 Å². The summed E-state index contributed by atoms with van der Waals surface area (Å²) in [5.74, 6) is -1.58. The number of nitrogens with two attached hydrogens (primary N) is 1. The molecule has 4 amide bonds.